The number of nitrogens with zero attached hydrogens (tertiary/aromatic N) is 2. The molecule has 1 aromatic carbocycles. The summed E-state index contributed by atoms with van der Waals surface area (Å²) in [6, 6.07) is 8.47. The van der Waals surface area contributed by atoms with Crippen molar-refractivity contribution in [1.29, 1.82) is 0 Å². The van der Waals surface area contributed by atoms with E-state index >= 15 is 0 Å². The van der Waals surface area contributed by atoms with E-state index in [0.29, 0.717) is 12.5 Å². The second-order valence-corrected chi connectivity index (χ2v) is 5.86. The zero-order chi connectivity index (χ0) is 15.5. The van der Waals surface area contributed by atoms with Crippen molar-refractivity contribution >= 4 is 0 Å². The zero-order valence-electron chi connectivity index (χ0n) is 13.5. The van der Waals surface area contributed by atoms with Gasteiger partial charge in [0.15, 0.2) is 0 Å². The highest BCUT2D eigenvalue weighted by atomic mass is 16.5. The van der Waals surface area contributed by atoms with Crippen molar-refractivity contribution in [2.45, 2.75) is 39.2 Å². The van der Waals surface area contributed by atoms with Crippen LogP contribution >= 0.6 is 0 Å². The molecule has 0 spiro atoms. The molecule has 1 N–H and O–H groups in total. The van der Waals surface area contributed by atoms with Crippen molar-refractivity contribution in [2.24, 2.45) is 0 Å². The molecule has 1 saturated heterocycles. The lowest BCUT2D eigenvalue weighted by atomic mass is 10.0. The number of methoxy groups -OCH3 is 1. The molecule has 0 saturated carbocycles. The monoisotopic (exact) mass is 297 g/mol. The summed E-state index contributed by atoms with van der Waals surface area (Å²) < 4.78 is 5.42. The van der Waals surface area contributed by atoms with Crippen molar-refractivity contribution in [2.75, 3.05) is 13.7 Å². The second kappa shape index (κ2) is 6.44. The number of aromatic nitrogens is 2. The molecule has 116 valence electrons. The molecule has 1 unspecified atom stereocenters. The van der Waals surface area contributed by atoms with E-state index in [4.69, 9.17) is 14.7 Å². The van der Waals surface area contributed by atoms with Crippen LogP contribution in [-0.2, 0) is 6.42 Å². The number of benzene rings is 1. The van der Waals surface area contributed by atoms with Crippen LogP contribution in [0.1, 0.15) is 47.2 Å². The van der Waals surface area contributed by atoms with Crippen LogP contribution in [0.2, 0.25) is 0 Å². The molecular formula is C18H23N3O. The van der Waals surface area contributed by atoms with E-state index in [0.717, 1.165) is 35.1 Å². The zero-order valence-corrected chi connectivity index (χ0v) is 13.5. The molecule has 4 heteroatoms. The Morgan fingerprint density at radius 1 is 1.18 bits per heavy atom. The van der Waals surface area contributed by atoms with E-state index in [2.05, 4.69) is 25.2 Å². The number of hydrogen-bond acceptors (Lipinski definition) is 4. The van der Waals surface area contributed by atoms with Gasteiger partial charge in [0.1, 0.15) is 11.6 Å². The molecule has 1 aliphatic rings. The van der Waals surface area contributed by atoms with Gasteiger partial charge in [0.25, 0.3) is 0 Å². The minimum atomic E-state index is 0.417. The number of nitrogens with one attached hydrogen (secondary N) is 1. The maximum Gasteiger partial charge on any atom is 0.133 e. The number of hydrogen-bond donors (Lipinski definition) is 1. The quantitative estimate of drug-likeness (QED) is 0.942. The minimum absolute atomic E-state index is 0.417. The van der Waals surface area contributed by atoms with Gasteiger partial charge in [0, 0.05) is 35.0 Å². The van der Waals surface area contributed by atoms with Gasteiger partial charge in [-0.1, -0.05) is 18.2 Å². The van der Waals surface area contributed by atoms with E-state index in [1.54, 1.807) is 7.11 Å². The topological polar surface area (TPSA) is 47.0 Å². The van der Waals surface area contributed by atoms with Gasteiger partial charge in [-0.3, -0.25) is 0 Å². The van der Waals surface area contributed by atoms with Crippen molar-refractivity contribution in [3.8, 4) is 5.75 Å². The fraction of sp³-hybridized carbons (Fsp3) is 0.444. The number of aryl methyl sites for hydroxylation is 2. The van der Waals surface area contributed by atoms with E-state index < -0.39 is 0 Å². The number of rotatable bonds is 4. The highest BCUT2D eigenvalue weighted by Gasteiger charge is 2.22. The fourth-order valence-corrected chi connectivity index (χ4v) is 3.33. The average Bonchev–Trinajstić information content (AvgIpc) is 3.01. The predicted molar refractivity (Wildman–Crippen MR) is 87.3 cm³/mol. The molecule has 4 nitrogen and oxygen atoms in total. The number of ether oxygens (including phenoxy) is 1. The molecule has 0 amide bonds. The SMILES string of the molecule is COc1ccccc1Cc1nc(C)c(C2CCCN2)c(C)n1. The Balaban J connectivity index is 1.89. The highest BCUT2D eigenvalue weighted by molar-refractivity contribution is 5.36. The van der Waals surface area contributed by atoms with Crippen LogP contribution in [0.15, 0.2) is 24.3 Å². The second-order valence-electron chi connectivity index (χ2n) is 5.86. The van der Waals surface area contributed by atoms with E-state index in [1.807, 2.05) is 18.2 Å². The number of para-hydroxylation sites is 1. The summed E-state index contributed by atoms with van der Waals surface area (Å²) in [7, 11) is 1.70. The molecule has 1 aromatic heterocycles. The molecule has 3 rings (SSSR count). The first kappa shape index (κ1) is 15.0. The molecule has 2 aromatic rings. The highest BCUT2D eigenvalue weighted by Crippen LogP contribution is 2.28. The standard InChI is InChI=1S/C18H23N3O/c1-12-18(15-8-6-10-19-15)13(2)21-17(20-12)11-14-7-4-5-9-16(14)22-3/h4-5,7,9,15,19H,6,8,10-11H2,1-3H3. The van der Waals surface area contributed by atoms with E-state index in [1.165, 1.54) is 18.4 Å². The van der Waals surface area contributed by atoms with Gasteiger partial charge in [0.05, 0.1) is 7.11 Å². The molecule has 1 fully saturated rings. The van der Waals surface area contributed by atoms with Gasteiger partial charge in [-0.2, -0.15) is 0 Å². The third kappa shape index (κ3) is 2.97. The average molecular weight is 297 g/mol. The van der Waals surface area contributed by atoms with Crippen molar-refractivity contribution in [3.63, 3.8) is 0 Å². The molecular weight excluding hydrogens is 274 g/mol. The minimum Gasteiger partial charge on any atom is -0.496 e. The summed E-state index contributed by atoms with van der Waals surface area (Å²) in [5, 5.41) is 3.54. The van der Waals surface area contributed by atoms with Crippen molar-refractivity contribution in [3.05, 3.63) is 52.6 Å². The Kier molecular flexibility index (Phi) is 4.39. The normalized spacial score (nSPS) is 17.7. The van der Waals surface area contributed by atoms with Gasteiger partial charge in [-0.05, 0) is 39.3 Å². The Labute approximate surface area is 132 Å². The molecule has 0 radical (unpaired) electrons. The van der Waals surface area contributed by atoms with Gasteiger partial charge in [-0.25, -0.2) is 9.97 Å². The van der Waals surface area contributed by atoms with Crippen LogP contribution in [0.4, 0.5) is 0 Å². The third-order valence-electron chi connectivity index (χ3n) is 4.32. The van der Waals surface area contributed by atoms with Crippen molar-refractivity contribution in [1.82, 2.24) is 15.3 Å². The van der Waals surface area contributed by atoms with Crippen LogP contribution in [0, 0.1) is 13.8 Å². The fourth-order valence-electron chi connectivity index (χ4n) is 3.33. The summed E-state index contributed by atoms with van der Waals surface area (Å²) in [4.78, 5) is 9.49. The first-order valence-corrected chi connectivity index (χ1v) is 7.88. The lowest BCUT2D eigenvalue weighted by molar-refractivity contribution is 0.410. The molecule has 0 aliphatic carbocycles. The Hall–Kier alpha value is -1.94. The first-order valence-electron chi connectivity index (χ1n) is 7.88. The Bertz CT molecular complexity index is 640. The summed E-state index contributed by atoms with van der Waals surface area (Å²) in [5.41, 5.74) is 4.59. The van der Waals surface area contributed by atoms with Gasteiger partial charge < -0.3 is 10.1 Å². The van der Waals surface area contributed by atoms with Crippen LogP contribution in [0.3, 0.4) is 0 Å². The smallest absolute Gasteiger partial charge is 0.133 e. The van der Waals surface area contributed by atoms with Crippen LogP contribution in [-0.4, -0.2) is 23.6 Å². The molecule has 0 bridgehead atoms. The summed E-state index contributed by atoms with van der Waals surface area (Å²) >= 11 is 0. The van der Waals surface area contributed by atoms with Gasteiger partial charge >= 0.3 is 0 Å². The predicted octanol–water partition coefficient (Wildman–Crippen LogP) is 3.12. The maximum atomic E-state index is 5.42. The lowest BCUT2D eigenvalue weighted by Gasteiger charge is -2.17. The van der Waals surface area contributed by atoms with E-state index in [-0.39, 0.29) is 0 Å². The molecule has 2 heterocycles. The Morgan fingerprint density at radius 2 is 1.91 bits per heavy atom. The summed E-state index contributed by atoms with van der Waals surface area (Å²) in [6.07, 6.45) is 3.10. The molecule has 1 aliphatic heterocycles. The summed E-state index contributed by atoms with van der Waals surface area (Å²) in [5.74, 6) is 1.75. The van der Waals surface area contributed by atoms with Crippen LogP contribution < -0.4 is 10.1 Å². The molecule has 22 heavy (non-hydrogen) atoms. The van der Waals surface area contributed by atoms with Gasteiger partial charge in [-0.15, -0.1) is 0 Å². The largest absolute Gasteiger partial charge is 0.496 e. The van der Waals surface area contributed by atoms with Crippen LogP contribution in [0.5, 0.6) is 5.75 Å². The molecule has 1 atom stereocenters. The van der Waals surface area contributed by atoms with Crippen LogP contribution in [0.25, 0.3) is 0 Å². The van der Waals surface area contributed by atoms with E-state index in [9.17, 15) is 0 Å². The van der Waals surface area contributed by atoms with Gasteiger partial charge in [0.2, 0.25) is 0 Å². The third-order valence-corrected chi connectivity index (χ3v) is 4.32. The Morgan fingerprint density at radius 3 is 2.55 bits per heavy atom. The first-order chi connectivity index (χ1) is 10.7. The van der Waals surface area contributed by atoms with Crippen molar-refractivity contribution < 1.29 is 4.74 Å². The summed E-state index contributed by atoms with van der Waals surface area (Å²) in [6.45, 7) is 5.28. The maximum absolute atomic E-state index is 5.42. The lowest BCUT2D eigenvalue weighted by Crippen LogP contribution is -2.18.